The molecule has 23 heavy (non-hydrogen) atoms. The first-order chi connectivity index (χ1) is 11.2. The summed E-state index contributed by atoms with van der Waals surface area (Å²) in [4.78, 5) is 18.3. The smallest absolute Gasteiger partial charge is 0.227 e. The lowest BCUT2D eigenvalue weighted by molar-refractivity contribution is -0.138. The van der Waals surface area contributed by atoms with E-state index in [1.807, 2.05) is 0 Å². The van der Waals surface area contributed by atoms with Gasteiger partial charge in [-0.3, -0.25) is 4.79 Å². The quantitative estimate of drug-likeness (QED) is 0.847. The second-order valence-corrected chi connectivity index (χ2v) is 5.56. The first-order valence-electron chi connectivity index (χ1n) is 7.15. The van der Waals surface area contributed by atoms with E-state index in [-0.39, 0.29) is 18.4 Å². The number of amides is 1. The molecule has 1 aliphatic rings. The van der Waals surface area contributed by atoms with E-state index in [2.05, 4.69) is 10.1 Å². The maximum atomic E-state index is 12.6. The molecule has 0 aliphatic carbocycles. The molecule has 0 spiro atoms. The molecule has 3 rings (SSSR count). The Morgan fingerprint density at radius 3 is 3.13 bits per heavy atom. The number of morpholine rings is 1. The minimum absolute atomic E-state index is 0.0256. The van der Waals surface area contributed by atoms with Gasteiger partial charge in [-0.25, -0.2) is 0 Å². The SMILES string of the molecule is COc1ccc(Cl)cc1CC(=O)N1CCOC(c2ncon2)C1. The molecule has 1 amide bonds. The Bertz CT molecular complexity index is 677. The van der Waals surface area contributed by atoms with E-state index >= 15 is 0 Å². The summed E-state index contributed by atoms with van der Waals surface area (Å²) in [5.41, 5.74) is 0.757. The molecule has 2 aromatic rings. The van der Waals surface area contributed by atoms with Gasteiger partial charge in [0.05, 0.1) is 26.7 Å². The zero-order valence-electron chi connectivity index (χ0n) is 12.6. The molecule has 0 N–H and O–H groups in total. The second-order valence-electron chi connectivity index (χ2n) is 5.12. The van der Waals surface area contributed by atoms with Crippen LogP contribution in [0.15, 0.2) is 29.1 Å². The Balaban J connectivity index is 1.69. The summed E-state index contributed by atoms with van der Waals surface area (Å²) >= 11 is 6.01. The summed E-state index contributed by atoms with van der Waals surface area (Å²) in [5.74, 6) is 1.07. The van der Waals surface area contributed by atoms with Gasteiger partial charge >= 0.3 is 0 Å². The fraction of sp³-hybridized carbons (Fsp3) is 0.400. The normalized spacial score (nSPS) is 18.0. The number of halogens is 1. The van der Waals surface area contributed by atoms with Gasteiger partial charge in [-0.1, -0.05) is 16.8 Å². The minimum Gasteiger partial charge on any atom is -0.496 e. The van der Waals surface area contributed by atoms with Crippen LogP contribution in [0.5, 0.6) is 5.75 Å². The van der Waals surface area contributed by atoms with Crippen molar-refractivity contribution in [2.75, 3.05) is 26.8 Å². The first-order valence-corrected chi connectivity index (χ1v) is 7.53. The zero-order chi connectivity index (χ0) is 16.2. The predicted molar refractivity (Wildman–Crippen MR) is 81.3 cm³/mol. The summed E-state index contributed by atoms with van der Waals surface area (Å²) in [7, 11) is 1.57. The summed E-state index contributed by atoms with van der Waals surface area (Å²) < 4.78 is 15.6. The number of carbonyl (C=O) groups is 1. The highest BCUT2D eigenvalue weighted by molar-refractivity contribution is 6.30. The molecule has 1 saturated heterocycles. The molecule has 1 aromatic carbocycles. The minimum atomic E-state index is -0.368. The van der Waals surface area contributed by atoms with Gasteiger partial charge < -0.3 is 18.9 Å². The van der Waals surface area contributed by atoms with Gasteiger partial charge in [0.2, 0.25) is 18.1 Å². The molecule has 1 aromatic heterocycles. The Labute approximate surface area is 138 Å². The van der Waals surface area contributed by atoms with E-state index in [0.29, 0.717) is 36.3 Å². The first kappa shape index (κ1) is 15.8. The van der Waals surface area contributed by atoms with Crippen LogP contribution in [0.4, 0.5) is 0 Å². The summed E-state index contributed by atoms with van der Waals surface area (Å²) in [5, 5.41) is 4.34. The van der Waals surface area contributed by atoms with Crippen LogP contribution in [0.1, 0.15) is 17.5 Å². The summed E-state index contributed by atoms with van der Waals surface area (Å²) in [6.07, 6.45) is 1.09. The van der Waals surface area contributed by atoms with Crippen molar-refractivity contribution in [3.8, 4) is 5.75 Å². The van der Waals surface area contributed by atoms with E-state index in [1.54, 1.807) is 30.2 Å². The van der Waals surface area contributed by atoms with Crippen molar-refractivity contribution in [2.45, 2.75) is 12.5 Å². The number of aromatic nitrogens is 2. The van der Waals surface area contributed by atoms with Crippen molar-refractivity contribution in [1.29, 1.82) is 0 Å². The Kier molecular flexibility index (Phi) is 4.78. The average Bonchev–Trinajstić information content (AvgIpc) is 3.10. The highest BCUT2D eigenvalue weighted by Gasteiger charge is 2.28. The molecule has 2 heterocycles. The van der Waals surface area contributed by atoms with Crippen LogP contribution in [0.25, 0.3) is 0 Å². The Hall–Kier alpha value is -2.12. The Morgan fingerprint density at radius 2 is 2.39 bits per heavy atom. The highest BCUT2D eigenvalue weighted by atomic mass is 35.5. The van der Waals surface area contributed by atoms with Crippen molar-refractivity contribution in [2.24, 2.45) is 0 Å². The number of rotatable bonds is 4. The zero-order valence-corrected chi connectivity index (χ0v) is 13.3. The number of methoxy groups -OCH3 is 1. The average molecular weight is 338 g/mol. The molecular weight excluding hydrogens is 322 g/mol. The maximum absolute atomic E-state index is 12.6. The summed E-state index contributed by atoms with van der Waals surface area (Å²) in [6.45, 7) is 1.34. The van der Waals surface area contributed by atoms with E-state index in [1.165, 1.54) is 6.39 Å². The van der Waals surface area contributed by atoms with E-state index in [9.17, 15) is 4.79 Å². The van der Waals surface area contributed by atoms with Gasteiger partial charge in [-0.05, 0) is 18.2 Å². The third-order valence-corrected chi connectivity index (χ3v) is 3.90. The molecule has 122 valence electrons. The molecule has 1 atom stereocenters. The molecular formula is C15H16ClN3O4. The molecule has 8 heteroatoms. The van der Waals surface area contributed by atoms with Crippen LogP contribution >= 0.6 is 11.6 Å². The van der Waals surface area contributed by atoms with Crippen LogP contribution in [0, 0.1) is 0 Å². The van der Waals surface area contributed by atoms with Gasteiger partial charge in [0.25, 0.3) is 0 Å². The number of benzene rings is 1. The van der Waals surface area contributed by atoms with Gasteiger partial charge in [-0.15, -0.1) is 0 Å². The van der Waals surface area contributed by atoms with Crippen LogP contribution in [0.3, 0.4) is 0 Å². The Morgan fingerprint density at radius 1 is 1.52 bits per heavy atom. The van der Waals surface area contributed by atoms with E-state index in [4.69, 9.17) is 25.6 Å². The third kappa shape index (κ3) is 3.62. The van der Waals surface area contributed by atoms with Gasteiger partial charge in [0.1, 0.15) is 11.9 Å². The monoisotopic (exact) mass is 337 g/mol. The number of hydrogen-bond acceptors (Lipinski definition) is 6. The van der Waals surface area contributed by atoms with Crippen LogP contribution < -0.4 is 4.74 Å². The number of carbonyl (C=O) groups excluding carboxylic acids is 1. The van der Waals surface area contributed by atoms with Crippen molar-refractivity contribution in [1.82, 2.24) is 15.0 Å². The number of ether oxygens (including phenoxy) is 2. The molecule has 0 bridgehead atoms. The van der Waals surface area contributed by atoms with Gasteiger partial charge in [-0.2, -0.15) is 4.98 Å². The highest BCUT2D eigenvalue weighted by Crippen LogP contribution is 2.25. The van der Waals surface area contributed by atoms with E-state index < -0.39 is 0 Å². The molecule has 1 fully saturated rings. The number of nitrogens with zero attached hydrogens (tertiary/aromatic N) is 3. The van der Waals surface area contributed by atoms with Gasteiger partial charge in [0.15, 0.2) is 0 Å². The fourth-order valence-electron chi connectivity index (χ4n) is 2.51. The lowest BCUT2D eigenvalue weighted by Crippen LogP contribution is -2.43. The molecule has 1 aliphatic heterocycles. The largest absolute Gasteiger partial charge is 0.496 e. The molecule has 1 unspecified atom stereocenters. The summed E-state index contributed by atoms with van der Waals surface area (Å²) in [6, 6.07) is 5.23. The predicted octanol–water partition coefficient (Wildman–Crippen LogP) is 1.87. The lowest BCUT2D eigenvalue weighted by Gasteiger charge is -2.31. The van der Waals surface area contributed by atoms with Crippen molar-refractivity contribution < 1.29 is 18.8 Å². The van der Waals surface area contributed by atoms with Crippen molar-refractivity contribution >= 4 is 17.5 Å². The van der Waals surface area contributed by atoms with Crippen LogP contribution in [-0.2, 0) is 16.0 Å². The van der Waals surface area contributed by atoms with Gasteiger partial charge in [0, 0.05) is 17.1 Å². The number of hydrogen-bond donors (Lipinski definition) is 0. The lowest BCUT2D eigenvalue weighted by atomic mass is 10.1. The van der Waals surface area contributed by atoms with Crippen molar-refractivity contribution in [3.05, 3.63) is 41.0 Å². The standard InChI is InChI=1S/C15H16ClN3O4/c1-21-12-3-2-11(16)6-10(12)7-14(20)19-4-5-22-13(8-19)15-17-9-23-18-15/h2-3,6,9,13H,4-5,7-8H2,1H3. The van der Waals surface area contributed by atoms with Crippen molar-refractivity contribution in [3.63, 3.8) is 0 Å². The molecule has 7 nitrogen and oxygen atoms in total. The molecule has 0 saturated carbocycles. The maximum Gasteiger partial charge on any atom is 0.227 e. The van der Waals surface area contributed by atoms with E-state index in [0.717, 1.165) is 5.56 Å². The second kappa shape index (κ2) is 6.97. The topological polar surface area (TPSA) is 77.7 Å². The third-order valence-electron chi connectivity index (χ3n) is 3.67. The fourth-order valence-corrected chi connectivity index (χ4v) is 2.71. The molecule has 0 radical (unpaired) electrons. The van der Waals surface area contributed by atoms with Crippen LogP contribution in [-0.4, -0.2) is 47.8 Å². The van der Waals surface area contributed by atoms with Crippen LogP contribution in [0.2, 0.25) is 5.02 Å².